The summed E-state index contributed by atoms with van der Waals surface area (Å²) in [6, 6.07) is 20.4. The van der Waals surface area contributed by atoms with Crippen LogP contribution in [0.25, 0.3) is 0 Å². The minimum absolute atomic E-state index is 0.207. The maximum absolute atomic E-state index is 12.8. The van der Waals surface area contributed by atoms with Crippen molar-refractivity contribution in [2.24, 2.45) is 0 Å². The molecule has 0 aliphatic carbocycles. The lowest BCUT2D eigenvalue weighted by Gasteiger charge is -2.13. The van der Waals surface area contributed by atoms with Crippen LogP contribution in [0.15, 0.2) is 72.8 Å². The molecule has 1 heterocycles. The predicted octanol–water partition coefficient (Wildman–Crippen LogP) is 3.56. The molecule has 32 heavy (non-hydrogen) atoms. The lowest BCUT2D eigenvalue weighted by Crippen LogP contribution is -2.31. The summed E-state index contributed by atoms with van der Waals surface area (Å²) in [7, 11) is 1.28. The van der Waals surface area contributed by atoms with Gasteiger partial charge in [-0.3, -0.25) is 19.3 Å². The Morgan fingerprint density at radius 3 is 2.34 bits per heavy atom. The molecule has 1 N–H and O–H groups in total. The van der Waals surface area contributed by atoms with Gasteiger partial charge >= 0.3 is 5.97 Å². The molecule has 3 amide bonds. The predicted molar refractivity (Wildman–Crippen MR) is 118 cm³/mol. The molecule has 0 fully saturated rings. The number of hydrogen-bond donors (Lipinski definition) is 1. The van der Waals surface area contributed by atoms with E-state index in [1.54, 1.807) is 18.2 Å². The van der Waals surface area contributed by atoms with E-state index in [4.69, 9.17) is 0 Å². The summed E-state index contributed by atoms with van der Waals surface area (Å²) in [5.74, 6) is -1.75. The zero-order chi connectivity index (χ0) is 22.7. The third-order valence-electron chi connectivity index (χ3n) is 5.24. The molecule has 0 atom stereocenters. The van der Waals surface area contributed by atoms with Gasteiger partial charge in [-0.2, -0.15) is 0 Å². The third-order valence-corrected chi connectivity index (χ3v) is 5.24. The summed E-state index contributed by atoms with van der Waals surface area (Å²) < 4.78 is 4.69. The number of carbonyl (C=O) groups excluding carboxylic acids is 4. The van der Waals surface area contributed by atoms with Crippen molar-refractivity contribution in [1.82, 2.24) is 4.90 Å². The van der Waals surface area contributed by atoms with Crippen LogP contribution in [0.1, 0.15) is 47.0 Å². The van der Waals surface area contributed by atoms with Gasteiger partial charge in [0.2, 0.25) is 0 Å². The van der Waals surface area contributed by atoms with Crippen LogP contribution >= 0.6 is 0 Å². The number of carbonyl (C=O) groups is 4. The first-order valence-electron chi connectivity index (χ1n) is 10.0. The smallest absolute Gasteiger partial charge is 0.337 e. The Balaban J connectivity index is 1.49. The Hall–Kier alpha value is -4.26. The van der Waals surface area contributed by atoms with Crippen LogP contribution in [-0.2, 0) is 11.2 Å². The number of amides is 3. The number of anilines is 1. The van der Waals surface area contributed by atoms with E-state index >= 15 is 0 Å². The highest BCUT2D eigenvalue weighted by Crippen LogP contribution is 2.25. The van der Waals surface area contributed by atoms with Gasteiger partial charge in [0.15, 0.2) is 0 Å². The standard InChI is InChI=1S/C25H20N2O5/c1-32-25(31)18-8-5-9-19(14-18)26-22(28)17-10-11-20-21(15-17)24(30)27(23(20)29)13-12-16-6-3-2-4-7-16/h2-11,14-15H,12-13H2,1H3,(H,26,28). The van der Waals surface area contributed by atoms with Crippen LogP contribution in [0.3, 0.4) is 0 Å². The van der Waals surface area contributed by atoms with Gasteiger partial charge in [-0.15, -0.1) is 0 Å². The van der Waals surface area contributed by atoms with E-state index in [9.17, 15) is 19.2 Å². The number of esters is 1. The fraction of sp³-hybridized carbons (Fsp3) is 0.120. The molecule has 160 valence electrons. The zero-order valence-corrected chi connectivity index (χ0v) is 17.3. The summed E-state index contributed by atoms with van der Waals surface area (Å²) in [4.78, 5) is 51.1. The second kappa shape index (κ2) is 8.85. The number of nitrogens with one attached hydrogen (secondary N) is 1. The highest BCUT2D eigenvalue weighted by molar-refractivity contribution is 6.22. The summed E-state index contributed by atoms with van der Waals surface area (Å²) in [6.45, 7) is 0.262. The molecule has 0 radical (unpaired) electrons. The average molecular weight is 428 g/mol. The van der Waals surface area contributed by atoms with Crippen molar-refractivity contribution >= 4 is 29.4 Å². The van der Waals surface area contributed by atoms with Crippen LogP contribution in [0.5, 0.6) is 0 Å². The minimum atomic E-state index is -0.515. The SMILES string of the molecule is COC(=O)c1cccc(NC(=O)c2ccc3c(c2)C(=O)N(CCc2ccccc2)C3=O)c1. The molecule has 0 bridgehead atoms. The average Bonchev–Trinajstić information content (AvgIpc) is 3.07. The van der Waals surface area contributed by atoms with E-state index in [0.717, 1.165) is 5.56 Å². The van der Waals surface area contributed by atoms with Gasteiger partial charge in [-0.05, 0) is 48.4 Å². The van der Waals surface area contributed by atoms with Crippen LogP contribution in [-0.4, -0.2) is 42.2 Å². The molecule has 3 aromatic rings. The molecule has 7 heteroatoms. The second-order valence-electron chi connectivity index (χ2n) is 7.28. The van der Waals surface area contributed by atoms with Crippen molar-refractivity contribution < 1.29 is 23.9 Å². The summed E-state index contributed by atoms with van der Waals surface area (Å²) in [6.07, 6.45) is 0.552. The number of hydrogen-bond acceptors (Lipinski definition) is 5. The van der Waals surface area contributed by atoms with Crippen LogP contribution in [0.2, 0.25) is 0 Å². The van der Waals surface area contributed by atoms with E-state index < -0.39 is 17.8 Å². The normalized spacial score (nSPS) is 12.5. The molecule has 1 aliphatic rings. The van der Waals surface area contributed by atoms with Crippen molar-refractivity contribution in [1.29, 1.82) is 0 Å². The molecular formula is C25H20N2O5. The Labute approximate surface area is 184 Å². The minimum Gasteiger partial charge on any atom is -0.465 e. The summed E-state index contributed by atoms with van der Waals surface area (Å²) in [5.41, 5.74) is 2.46. The van der Waals surface area contributed by atoms with Crippen molar-refractivity contribution in [3.05, 3.63) is 101 Å². The van der Waals surface area contributed by atoms with E-state index in [1.165, 1.54) is 36.3 Å². The van der Waals surface area contributed by atoms with Gasteiger partial charge in [0.1, 0.15) is 0 Å². The molecule has 4 rings (SSSR count). The fourth-order valence-corrected chi connectivity index (χ4v) is 3.57. The molecule has 0 unspecified atom stereocenters. The molecular weight excluding hydrogens is 408 g/mol. The Bertz CT molecular complexity index is 1220. The van der Waals surface area contributed by atoms with E-state index in [0.29, 0.717) is 17.7 Å². The first-order chi connectivity index (χ1) is 15.5. The summed E-state index contributed by atoms with van der Waals surface area (Å²) >= 11 is 0. The number of methoxy groups -OCH3 is 1. The van der Waals surface area contributed by atoms with E-state index in [1.807, 2.05) is 30.3 Å². The largest absolute Gasteiger partial charge is 0.465 e. The number of fused-ring (bicyclic) bond motifs is 1. The third kappa shape index (κ3) is 4.13. The van der Waals surface area contributed by atoms with Crippen molar-refractivity contribution in [3.63, 3.8) is 0 Å². The lowest BCUT2D eigenvalue weighted by atomic mass is 10.1. The van der Waals surface area contributed by atoms with Gasteiger partial charge in [-0.25, -0.2) is 4.79 Å². The Morgan fingerprint density at radius 1 is 0.844 bits per heavy atom. The van der Waals surface area contributed by atoms with Crippen molar-refractivity contribution in [3.8, 4) is 0 Å². The Morgan fingerprint density at radius 2 is 1.59 bits per heavy atom. The molecule has 7 nitrogen and oxygen atoms in total. The van der Waals surface area contributed by atoms with Gasteiger partial charge in [0.05, 0.1) is 23.8 Å². The quantitative estimate of drug-likeness (QED) is 0.479. The molecule has 0 aromatic heterocycles. The first-order valence-corrected chi connectivity index (χ1v) is 10.0. The van der Waals surface area contributed by atoms with E-state index in [-0.39, 0.29) is 29.1 Å². The summed E-state index contributed by atoms with van der Waals surface area (Å²) in [5, 5.41) is 2.70. The topological polar surface area (TPSA) is 92.8 Å². The lowest BCUT2D eigenvalue weighted by molar-refractivity contribution is 0.0598. The number of benzene rings is 3. The number of nitrogens with zero attached hydrogens (tertiary/aromatic N) is 1. The highest BCUT2D eigenvalue weighted by atomic mass is 16.5. The zero-order valence-electron chi connectivity index (χ0n) is 17.3. The van der Waals surface area contributed by atoms with Crippen LogP contribution < -0.4 is 5.32 Å². The van der Waals surface area contributed by atoms with Crippen molar-refractivity contribution in [2.45, 2.75) is 6.42 Å². The van der Waals surface area contributed by atoms with Gasteiger partial charge in [0.25, 0.3) is 17.7 Å². The molecule has 0 saturated carbocycles. The molecule has 3 aromatic carbocycles. The maximum atomic E-state index is 12.8. The first kappa shape index (κ1) is 21.0. The highest BCUT2D eigenvalue weighted by Gasteiger charge is 2.35. The molecule has 1 aliphatic heterocycles. The monoisotopic (exact) mass is 428 g/mol. The van der Waals surface area contributed by atoms with E-state index in [2.05, 4.69) is 10.1 Å². The number of ether oxygens (including phenoxy) is 1. The number of imide groups is 1. The molecule has 0 saturated heterocycles. The fourth-order valence-electron chi connectivity index (χ4n) is 3.57. The van der Waals surface area contributed by atoms with Crippen molar-refractivity contribution in [2.75, 3.05) is 19.0 Å². The van der Waals surface area contributed by atoms with Gasteiger partial charge in [-0.1, -0.05) is 36.4 Å². The maximum Gasteiger partial charge on any atom is 0.337 e. The van der Waals surface area contributed by atoms with Gasteiger partial charge in [0, 0.05) is 17.8 Å². The second-order valence-corrected chi connectivity index (χ2v) is 7.28. The number of rotatable bonds is 6. The van der Waals surface area contributed by atoms with Crippen LogP contribution in [0.4, 0.5) is 5.69 Å². The van der Waals surface area contributed by atoms with Crippen LogP contribution in [0, 0.1) is 0 Å². The Kier molecular flexibility index (Phi) is 5.81. The van der Waals surface area contributed by atoms with Gasteiger partial charge < -0.3 is 10.1 Å². The molecule has 0 spiro atoms.